The van der Waals surface area contributed by atoms with Gasteiger partial charge in [-0.1, -0.05) is 19.1 Å². The monoisotopic (exact) mass is 240 g/mol. The zero-order chi connectivity index (χ0) is 12.4. The molecule has 0 amide bonds. The van der Waals surface area contributed by atoms with Crippen LogP contribution in [-0.2, 0) is 6.54 Å². The van der Waals surface area contributed by atoms with Gasteiger partial charge in [0.2, 0.25) is 0 Å². The molecule has 1 aliphatic rings. The fourth-order valence-electron chi connectivity index (χ4n) is 2.90. The maximum atomic E-state index is 4.14. The molecule has 0 spiro atoms. The van der Waals surface area contributed by atoms with Gasteiger partial charge in [-0.25, -0.2) is 0 Å². The molecule has 0 aliphatic heterocycles. The molecule has 2 unspecified atom stereocenters. The molecule has 1 N–H and O–H groups in total. The number of nitrogens with zero attached hydrogens (tertiary/aromatic N) is 1. The van der Waals surface area contributed by atoms with E-state index in [1.165, 1.54) is 35.6 Å². The molecule has 1 aliphatic carbocycles. The highest BCUT2D eigenvalue weighted by Gasteiger charge is 2.20. The summed E-state index contributed by atoms with van der Waals surface area (Å²) in [5.41, 5.74) is 1.37. The van der Waals surface area contributed by atoms with Crippen LogP contribution in [0.5, 0.6) is 0 Å². The van der Waals surface area contributed by atoms with Gasteiger partial charge in [0, 0.05) is 30.4 Å². The van der Waals surface area contributed by atoms with Crippen LogP contribution in [-0.4, -0.2) is 11.0 Å². The maximum absolute atomic E-state index is 4.14. The first kappa shape index (κ1) is 11.7. The Labute approximate surface area is 108 Å². The van der Waals surface area contributed by atoms with Gasteiger partial charge in [0.1, 0.15) is 0 Å². The molecule has 1 fully saturated rings. The average molecular weight is 240 g/mol. The van der Waals surface area contributed by atoms with E-state index in [0.717, 1.165) is 12.5 Å². The summed E-state index contributed by atoms with van der Waals surface area (Å²) in [5.74, 6) is 0.894. The van der Waals surface area contributed by atoms with Crippen molar-refractivity contribution in [2.45, 2.75) is 38.8 Å². The van der Waals surface area contributed by atoms with Crippen LogP contribution >= 0.6 is 0 Å². The van der Waals surface area contributed by atoms with Crippen molar-refractivity contribution in [3.8, 4) is 0 Å². The second-order valence-corrected chi connectivity index (χ2v) is 5.55. The van der Waals surface area contributed by atoms with Gasteiger partial charge in [0.15, 0.2) is 0 Å². The number of rotatable bonds is 3. The number of nitrogens with one attached hydrogen (secondary N) is 1. The van der Waals surface area contributed by atoms with E-state index in [9.17, 15) is 0 Å². The molecule has 0 saturated heterocycles. The van der Waals surface area contributed by atoms with Gasteiger partial charge in [0.05, 0.1) is 0 Å². The summed E-state index contributed by atoms with van der Waals surface area (Å²) in [7, 11) is 0. The molecule has 2 aromatic rings. The van der Waals surface area contributed by atoms with Crippen molar-refractivity contribution in [3.05, 3.63) is 42.2 Å². The molecule has 1 heterocycles. The molecule has 1 saturated carbocycles. The van der Waals surface area contributed by atoms with Gasteiger partial charge >= 0.3 is 0 Å². The molecule has 0 bridgehead atoms. The summed E-state index contributed by atoms with van der Waals surface area (Å²) in [6.07, 6.45) is 7.82. The number of hydrogen-bond acceptors (Lipinski definition) is 2. The fourth-order valence-corrected chi connectivity index (χ4v) is 2.90. The molecule has 1 aromatic heterocycles. The van der Waals surface area contributed by atoms with Gasteiger partial charge in [-0.05, 0) is 48.3 Å². The van der Waals surface area contributed by atoms with Gasteiger partial charge in [-0.3, -0.25) is 4.98 Å². The van der Waals surface area contributed by atoms with Crippen molar-refractivity contribution in [1.82, 2.24) is 10.3 Å². The molecular formula is C16H20N2. The van der Waals surface area contributed by atoms with Crippen molar-refractivity contribution in [3.63, 3.8) is 0 Å². The molecule has 1 aromatic carbocycles. The summed E-state index contributed by atoms with van der Waals surface area (Å²) in [6, 6.07) is 9.43. The van der Waals surface area contributed by atoms with E-state index >= 15 is 0 Å². The topological polar surface area (TPSA) is 24.9 Å². The lowest BCUT2D eigenvalue weighted by atomic mass is 10.1. The summed E-state index contributed by atoms with van der Waals surface area (Å²) in [4.78, 5) is 4.14. The smallest absolute Gasteiger partial charge is 0.0346 e. The van der Waals surface area contributed by atoms with E-state index in [4.69, 9.17) is 0 Å². The van der Waals surface area contributed by atoms with Crippen LogP contribution in [0.3, 0.4) is 0 Å². The molecular weight excluding hydrogens is 220 g/mol. The molecule has 18 heavy (non-hydrogen) atoms. The third-order valence-electron chi connectivity index (χ3n) is 3.99. The zero-order valence-electron chi connectivity index (χ0n) is 10.9. The Morgan fingerprint density at radius 1 is 1.22 bits per heavy atom. The number of aromatic nitrogens is 1. The lowest BCUT2D eigenvalue weighted by Gasteiger charge is -2.12. The van der Waals surface area contributed by atoms with Crippen molar-refractivity contribution in [2.24, 2.45) is 5.92 Å². The zero-order valence-corrected chi connectivity index (χ0v) is 10.9. The van der Waals surface area contributed by atoms with Crippen LogP contribution in [0.25, 0.3) is 10.8 Å². The third-order valence-corrected chi connectivity index (χ3v) is 3.99. The first-order valence-electron chi connectivity index (χ1n) is 6.87. The fraction of sp³-hybridized carbons (Fsp3) is 0.438. The van der Waals surface area contributed by atoms with E-state index in [0.29, 0.717) is 6.04 Å². The molecule has 2 atom stereocenters. The number of pyridine rings is 1. The Hall–Kier alpha value is -1.41. The Morgan fingerprint density at radius 3 is 3.00 bits per heavy atom. The van der Waals surface area contributed by atoms with Gasteiger partial charge in [-0.15, -0.1) is 0 Å². The minimum absolute atomic E-state index is 0.716. The maximum Gasteiger partial charge on any atom is 0.0346 e. The lowest BCUT2D eigenvalue weighted by Crippen LogP contribution is -2.25. The minimum atomic E-state index is 0.716. The number of benzene rings is 1. The highest BCUT2D eigenvalue weighted by atomic mass is 14.9. The van der Waals surface area contributed by atoms with Crippen molar-refractivity contribution < 1.29 is 0 Å². The Balaban J connectivity index is 1.67. The highest BCUT2D eigenvalue weighted by Crippen LogP contribution is 2.25. The van der Waals surface area contributed by atoms with Crippen LogP contribution in [0.15, 0.2) is 36.7 Å². The quantitative estimate of drug-likeness (QED) is 0.888. The minimum Gasteiger partial charge on any atom is -0.310 e. The average Bonchev–Trinajstić information content (AvgIpc) is 2.82. The van der Waals surface area contributed by atoms with E-state index in [1.54, 1.807) is 0 Å². The van der Waals surface area contributed by atoms with E-state index in [1.807, 2.05) is 12.4 Å². The first-order chi connectivity index (χ1) is 8.81. The second-order valence-electron chi connectivity index (χ2n) is 5.55. The van der Waals surface area contributed by atoms with Gasteiger partial charge in [-0.2, -0.15) is 0 Å². The van der Waals surface area contributed by atoms with Crippen LogP contribution in [0.2, 0.25) is 0 Å². The van der Waals surface area contributed by atoms with E-state index in [-0.39, 0.29) is 0 Å². The van der Waals surface area contributed by atoms with Gasteiger partial charge in [0.25, 0.3) is 0 Å². The van der Waals surface area contributed by atoms with Crippen LogP contribution in [0.4, 0.5) is 0 Å². The molecule has 3 rings (SSSR count). The normalized spacial score (nSPS) is 23.6. The van der Waals surface area contributed by atoms with E-state index < -0.39 is 0 Å². The summed E-state index contributed by atoms with van der Waals surface area (Å²) in [6.45, 7) is 3.33. The standard InChI is InChI=1S/C16H20N2/c1-12-2-5-16(8-12)18-10-13-3-4-15-11-17-7-6-14(15)9-13/h3-4,6-7,9,11-12,16,18H,2,5,8,10H2,1H3. The Morgan fingerprint density at radius 2 is 2.17 bits per heavy atom. The Bertz CT molecular complexity index is 535. The largest absolute Gasteiger partial charge is 0.310 e. The lowest BCUT2D eigenvalue weighted by molar-refractivity contribution is 0.502. The van der Waals surface area contributed by atoms with Crippen molar-refractivity contribution >= 4 is 10.8 Å². The van der Waals surface area contributed by atoms with Gasteiger partial charge < -0.3 is 5.32 Å². The van der Waals surface area contributed by atoms with E-state index in [2.05, 4.69) is 41.5 Å². The highest BCUT2D eigenvalue weighted by molar-refractivity contribution is 5.81. The molecule has 0 radical (unpaired) electrons. The van der Waals surface area contributed by atoms with Crippen LogP contribution < -0.4 is 5.32 Å². The molecule has 2 heteroatoms. The first-order valence-corrected chi connectivity index (χ1v) is 6.87. The third kappa shape index (κ3) is 2.54. The number of hydrogen-bond donors (Lipinski definition) is 1. The van der Waals surface area contributed by atoms with Crippen LogP contribution in [0.1, 0.15) is 31.7 Å². The predicted octanol–water partition coefficient (Wildman–Crippen LogP) is 3.51. The van der Waals surface area contributed by atoms with Crippen molar-refractivity contribution in [1.29, 1.82) is 0 Å². The Kier molecular flexibility index (Phi) is 3.28. The number of fused-ring (bicyclic) bond motifs is 1. The summed E-state index contributed by atoms with van der Waals surface area (Å²) < 4.78 is 0. The predicted molar refractivity (Wildman–Crippen MR) is 75.4 cm³/mol. The van der Waals surface area contributed by atoms with Crippen LogP contribution in [0, 0.1) is 5.92 Å². The summed E-state index contributed by atoms with van der Waals surface area (Å²) in [5, 5.41) is 6.18. The van der Waals surface area contributed by atoms with Crippen molar-refractivity contribution in [2.75, 3.05) is 0 Å². The summed E-state index contributed by atoms with van der Waals surface area (Å²) >= 11 is 0. The second kappa shape index (κ2) is 5.07. The SMILES string of the molecule is CC1CCC(NCc2ccc3cnccc3c2)C1. The molecule has 2 nitrogen and oxygen atoms in total. The molecule has 94 valence electrons.